The van der Waals surface area contributed by atoms with E-state index in [0.29, 0.717) is 13.2 Å². The lowest BCUT2D eigenvalue weighted by Crippen LogP contribution is -2.35. The van der Waals surface area contributed by atoms with Crippen molar-refractivity contribution in [3.05, 3.63) is 35.6 Å². The molecule has 1 aliphatic heterocycles. The van der Waals surface area contributed by atoms with Crippen LogP contribution in [0.25, 0.3) is 0 Å². The normalized spacial score (nSPS) is 21.2. The first kappa shape index (κ1) is 16.4. The summed E-state index contributed by atoms with van der Waals surface area (Å²) in [5, 5.41) is 2.84. The van der Waals surface area contributed by atoms with Crippen LogP contribution < -0.4 is 5.32 Å². The highest BCUT2D eigenvalue weighted by molar-refractivity contribution is 5.90. The van der Waals surface area contributed by atoms with E-state index in [1.54, 1.807) is 31.2 Å². The zero-order valence-electron chi connectivity index (χ0n) is 12.8. The smallest absolute Gasteiger partial charge is 0.226 e. The van der Waals surface area contributed by atoms with Gasteiger partial charge in [-0.05, 0) is 24.1 Å². The third-order valence-corrected chi connectivity index (χ3v) is 3.96. The zero-order chi connectivity index (χ0) is 16.1. The molecule has 1 aromatic rings. The molecule has 1 heterocycles. The Labute approximate surface area is 129 Å². The van der Waals surface area contributed by atoms with Gasteiger partial charge >= 0.3 is 0 Å². The lowest BCUT2D eigenvalue weighted by Gasteiger charge is -2.25. The molecule has 2 amide bonds. The highest BCUT2D eigenvalue weighted by Gasteiger charge is 2.42. The van der Waals surface area contributed by atoms with Gasteiger partial charge in [0.15, 0.2) is 0 Å². The molecule has 1 N–H and O–H groups in total. The predicted octanol–water partition coefficient (Wildman–Crippen LogP) is 1.50. The second-order valence-electron chi connectivity index (χ2n) is 5.45. The summed E-state index contributed by atoms with van der Waals surface area (Å²) in [6, 6.07) is 5.59. The maximum atomic E-state index is 13.1. The lowest BCUT2D eigenvalue weighted by molar-refractivity contribution is -0.128. The Morgan fingerprint density at radius 1 is 1.41 bits per heavy atom. The average molecular weight is 308 g/mol. The van der Waals surface area contributed by atoms with E-state index < -0.39 is 5.92 Å². The first-order valence-corrected chi connectivity index (χ1v) is 7.32. The van der Waals surface area contributed by atoms with Crippen LogP contribution in [0.3, 0.4) is 0 Å². The number of rotatable bonds is 6. The van der Waals surface area contributed by atoms with Crippen molar-refractivity contribution >= 4 is 11.8 Å². The monoisotopic (exact) mass is 308 g/mol. The van der Waals surface area contributed by atoms with Crippen LogP contribution in [0.15, 0.2) is 24.3 Å². The van der Waals surface area contributed by atoms with Crippen LogP contribution in [-0.4, -0.2) is 44.0 Å². The van der Waals surface area contributed by atoms with Gasteiger partial charge in [-0.1, -0.05) is 12.1 Å². The third kappa shape index (κ3) is 3.62. The van der Waals surface area contributed by atoms with Crippen LogP contribution >= 0.6 is 0 Å². The Balaban J connectivity index is 2.09. The summed E-state index contributed by atoms with van der Waals surface area (Å²) in [6.45, 7) is 1.09. The second kappa shape index (κ2) is 7.35. The fourth-order valence-electron chi connectivity index (χ4n) is 2.78. The van der Waals surface area contributed by atoms with Crippen molar-refractivity contribution in [3.8, 4) is 0 Å². The third-order valence-electron chi connectivity index (χ3n) is 3.96. The van der Waals surface area contributed by atoms with Crippen LogP contribution in [-0.2, 0) is 14.3 Å². The van der Waals surface area contributed by atoms with E-state index in [1.807, 2.05) is 0 Å². The van der Waals surface area contributed by atoms with Gasteiger partial charge in [0.25, 0.3) is 0 Å². The molecular formula is C16H21FN2O3. The van der Waals surface area contributed by atoms with Gasteiger partial charge in [-0.2, -0.15) is 0 Å². The molecule has 1 aliphatic rings. The molecule has 1 aromatic carbocycles. The number of amides is 2. The van der Waals surface area contributed by atoms with Gasteiger partial charge in [0.1, 0.15) is 5.82 Å². The molecule has 0 radical (unpaired) electrons. The summed E-state index contributed by atoms with van der Waals surface area (Å²) in [6.07, 6.45) is 0.897. The molecule has 2 atom stereocenters. The van der Waals surface area contributed by atoms with E-state index in [0.717, 1.165) is 12.0 Å². The first-order chi connectivity index (χ1) is 10.5. The standard InChI is InChI=1S/C16H21FN2O3/c1-19-14(20)10-13(16(21)18-8-3-9-22-2)15(19)11-4-6-12(17)7-5-11/h4-7,13,15H,3,8-10H2,1-2H3,(H,18,21)/t13-,15-/m1/s1. The molecule has 0 aliphatic carbocycles. The highest BCUT2D eigenvalue weighted by atomic mass is 19.1. The minimum absolute atomic E-state index is 0.0774. The second-order valence-corrected chi connectivity index (χ2v) is 5.45. The number of nitrogens with zero attached hydrogens (tertiary/aromatic N) is 1. The van der Waals surface area contributed by atoms with Gasteiger partial charge in [-0.15, -0.1) is 0 Å². The average Bonchev–Trinajstić information content (AvgIpc) is 2.80. The molecule has 120 valence electrons. The summed E-state index contributed by atoms with van der Waals surface area (Å²) in [4.78, 5) is 25.9. The van der Waals surface area contributed by atoms with Crippen molar-refractivity contribution in [2.75, 3.05) is 27.3 Å². The molecule has 22 heavy (non-hydrogen) atoms. The molecule has 2 rings (SSSR count). The zero-order valence-corrected chi connectivity index (χ0v) is 12.8. The Morgan fingerprint density at radius 2 is 2.09 bits per heavy atom. The number of ether oxygens (including phenoxy) is 1. The number of methoxy groups -OCH3 is 1. The highest BCUT2D eigenvalue weighted by Crippen LogP contribution is 2.37. The maximum absolute atomic E-state index is 13.1. The van der Waals surface area contributed by atoms with Crippen LogP contribution in [0.2, 0.25) is 0 Å². The fraction of sp³-hybridized carbons (Fsp3) is 0.500. The molecule has 1 fully saturated rings. The van der Waals surface area contributed by atoms with Crippen molar-refractivity contribution in [1.29, 1.82) is 0 Å². The molecule has 0 bridgehead atoms. The Kier molecular flexibility index (Phi) is 5.49. The van der Waals surface area contributed by atoms with Crippen molar-refractivity contribution in [3.63, 3.8) is 0 Å². The minimum atomic E-state index is -0.453. The van der Waals surface area contributed by atoms with E-state index in [2.05, 4.69) is 5.32 Å². The van der Waals surface area contributed by atoms with Gasteiger partial charge in [0.05, 0.1) is 12.0 Å². The Morgan fingerprint density at radius 3 is 2.73 bits per heavy atom. The maximum Gasteiger partial charge on any atom is 0.226 e. The first-order valence-electron chi connectivity index (χ1n) is 7.32. The number of carbonyl (C=O) groups is 2. The summed E-state index contributed by atoms with van der Waals surface area (Å²) >= 11 is 0. The van der Waals surface area contributed by atoms with Gasteiger partial charge in [-0.3, -0.25) is 9.59 Å². The summed E-state index contributed by atoms with van der Waals surface area (Å²) in [7, 11) is 3.28. The number of carbonyl (C=O) groups excluding carboxylic acids is 2. The lowest BCUT2D eigenvalue weighted by atomic mass is 9.93. The summed E-state index contributed by atoms with van der Waals surface area (Å²) in [5.41, 5.74) is 0.770. The van der Waals surface area contributed by atoms with Crippen LogP contribution in [0.5, 0.6) is 0 Å². The van der Waals surface area contributed by atoms with Crippen molar-refractivity contribution < 1.29 is 18.7 Å². The molecule has 0 aromatic heterocycles. The largest absolute Gasteiger partial charge is 0.385 e. The van der Waals surface area contributed by atoms with Crippen molar-refractivity contribution in [1.82, 2.24) is 10.2 Å². The molecule has 6 heteroatoms. The van der Waals surface area contributed by atoms with Gasteiger partial charge in [-0.25, -0.2) is 4.39 Å². The van der Waals surface area contributed by atoms with E-state index in [9.17, 15) is 14.0 Å². The van der Waals surface area contributed by atoms with Gasteiger partial charge < -0.3 is 15.0 Å². The van der Waals surface area contributed by atoms with Crippen molar-refractivity contribution in [2.45, 2.75) is 18.9 Å². The molecule has 0 unspecified atom stereocenters. The van der Waals surface area contributed by atoms with E-state index in [4.69, 9.17) is 4.74 Å². The van der Waals surface area contributed by atoms with E-state index >= 15 is 0 Å². The fourth-order valence-corrected chi connectivity index (χ4v) is 2.78. The molecule has 1 saturated heterocycles. The van der Waals surface area contributed by atoms with E-state index in [1.165, 1.54) is 12.1 Å². The number of halogens is 1. The van der Waals surface area contributed by atoms with Crippen LogP contribution in [0, 0.1) is 11.7 Å². The SMILES string of the molecule is COCCCNC(=O)[C@@H]1CC(=O)N(C)[C@@H]1c1ccc(F)cc1. The predicted molar refractivity (Wildman–Crippen MR) is 79.5 cm³/mol. The van der Waals surface area contributed by atoms with Crippen molar-refractivity contribution in [2.24, 2.45) is 5.92 Å². The molecule has 0 saturated carbocycles. The molecular weight excluding hydrogens is 287 g/mol. The topological polar surface area (TPSA) is 58.6 Å². The number of nitrogens with one attached hydrogen (secondary N) is 1. The van der Waals surface area contributed by atoms with Gasteiger partial charge in [0, 0.05) is 33.7 Å². The molecule has 5 nitrogen and oxygen atoms in total. The number of hydrogen-bond acceptors (Lipinski definition) is 3. The number of benzene rings is 1. The number of likely N-dealkylation sites (tertiary alicyclic amines) is 1. The van der Waals surface area contributed by atoms with Crippen LogP contribution in [0.4, 0.5) is 4.39 Å². The Bertz CT molecular complexity index is 533. The molecule has 0 spiro atoms. The quantitative estimate of drug-likeness (QED) is 0.810. The van der Waals surface area contributed by atoms with E-state index in [-0.39, 0.29) is 30.1 Å². The number of hydrogen-bond donors (Lipinski definition) is 1. The summed E-state index contributed by atoms with van der Waals surface area (Å²) in [5.74, 6) is -1.02. The van der Waals surface area contributed by atoms with Crippen LogP contribution in [0.1, 0.15) is 24.4 Å². The minimum Gasteiger partial charge on any atom is -0.385 e. The Hall–Kier alpha value is -1.95. The summed E-state index contributed by atoms with van der Waals surface area (Å²) < 4.78 is 18.0. The van der Waals surface area contributed by atoms with Gasteiger partial charge in [0.2, 0.25) is 11.8 Å².